The van der Waals surface area contributed by atoms with Crippen molar-refractivity contribution in [3.8, 4) is 0 Å². The highest BCUT2D eigenvalue weighted by Crippen LogP contribution is 2.24. The lowest BCUT2D eigenvalue weighted by Gasteiger charge is -2.21. The van der Waals surface area contributed by atoms with E-state index in [0.29, 0.717) is 28.7 Å². The summed E-state index contributed by atoms with van der Waals surface area (Å²) in [5.41, 5.74) is 6.64. The van der Waals surface area contributed by atoms with Crippen molar-refractivity contribution in [3.63, 3.8) is 0 Å². The number of halogens is 1. The summed E-state index contributed by atoms with van der Waals surface area (Å²) in [6, 6.07) is 4.14. The number of benzene rings is 1. The lowest BCUT2D eigenvalue weighted by Crippen LogP contribution is -2.40. The van der Waals surface area contributed by atoms with Crippen LogP contribution in [0.1, 0.15) is 23.2 Å². The van der Waals surface area contributed by atoms with E-state index in [1.807, 2.05) is 0 Å². The summed E-state index contributed by atoms with van der Waals surface area (Å²) in [6.07, 6.45) is 1.23. The molecule has 5 nitrogen and oxygen atoms in total. The standard InChI is InChI=1S/C12H13BrN2O3/c13-8-6-7(3-4-9(8)14)11(16)15-5-1-2-10(15)12(17)18/h3-4,6,10H,1-2,5,14H2,(H,17,18)/t10-/m0/s1. The van der Waals surface area contributed by atoms with Crippen LogP contribution in [0.4, 0.5) is 5.69 Å². The third kappa shape index (κ3) is 2.33. The van der Waals surface area contributed by atoms with Crippen molar-refractivity contribution in [1.29, 1.82) is 0 Å². The molecule has 1 fully saturated rings. The van der Waals surface area contributed by atoms with Crippen LogP contribution in [-0.4, -0.2) is 34.5 Å². The van der Waals surface area contributed by atoms with Crippen LogP contribution in [0.5, 0.6) is 0 Å². The number of carbonyl (C=O) groups excluding carboxylic acids is 1. The van der Waals surface area contributed by atoms with E-state index in [0.717, 1.165) is 6.42 Å². The number of carboxylic acid groups (broad SMARTS) is 1. The SMILES string of the molecule is Nc1ccc(C(=O)N2CCC[C@H]2C(=O)O)cc1Br. The lowest BCUT2D eigenvalue weighted by molar-refractivity contribution is -0.141. The van der Waals surface area contributed by atoms with Crippen LogP contribution in [0, 0.1) is 0 Å². The van der Waals surface area contributed by atoms with Crippen molar-refractivity contribution in [2.75, 3.05) is 12.3 Å². The molecule has 3 N–H and O–H groups in total. The molecule has 1 heterocycles. The molecule has 1 aliphatic heterocycles. The van der Waals surface area contributed by atoms with Gasteiger partial charge < -0.3 is 15.7 Å². The molecule has 1 amide bonds. The Labute approximate surface area is 113 Å². The van der Waals surface area contributed by atoms with Gasteiger partial charge in [-0.2, -0.15) is 0 Å². The van der Waals surface area contributed by atoms with Gasteiger partial charge in [0, 0.05) is 22.3 Å². The zero-order valence-electron chi connectivity index (χ0n) is 9.60. The smallest absolute Gasteiger partial charge is 0.326 e. The van der Waals surface area contributed by atoms with Crippen molar-refractivity contribution in [1.82, 2.24) is 4.90 Å². The Bertz CT molecular complexity index is 504. The van der Waals surface area contributed by atoms with Gasteiger partial charge in [-0.15, -0.1) is 0 Å². The number of rotatable bonds is 2. The highest BCUT2D eigenvalue weighted by Gasteiger charge is 2.34. The zero-order chi connectivity index (χ0) is 13.3. The Morgan fingerprint density at radius 1 is 1.44 bits per heavy atom. The van der Waals surface area contributed by atoms with Gasteiger partial charge in [-0.05, 0) is 47.0 Å². The highest BCUT2D eigenvalue weighted by molar-refractivity contribution is 9.10. The molecule has 18 heavy (non-hydrogen) atoms. The van der Waals surface area contributed by atoms with E-state index in [1.165, 1.54) is 4.90 Å². The molecule has 2 rings (SSSR count). The van der Waals surface area contributed by atoms with Gasteiger partial charge in [0.15, 0.2) is 0 Å². The van der Waals surface area contributed by atoms with Gasteiger partial charge in [0.25, 0.3) is 5.91 Å². The zero-order valence-corrected chi connectivity index (χ0v) is 11.2. The van der Waals surface area contributed by atoms with E-state index in [2.05, 4.69) is 15.9 Å². The average molecular weight is 313 g/mol. The molecule has 0 radical (unpaired) electrons. The minimum Gasteiger partial charge on any atom is -0.480 e. The van der Waals surface area contributed by atoms with E-state index in [-0.39, 0.29) is 5.91 Å². The average Bonchev–Trinajstić information content (AvgIpc) is 2.81. The summed E-state index contributed by atoms with van der Waals surface area (Å²) in [5, 5.41) is 9.06. The van der Waals surface area contributed by atoms with Gasteiger partial charge in [-0.25, -0.2) is 4.79 Å². The fourth-order valence-electron chi connectivity index (χ4n) is 2.09. The number of likely N-dealkylation sites (tertiary alicyclic amines) is 1. The van der Waals surface area contributed by atoms with E-state index in [4.69, 9.17) is 10.8 Å². The molecule has 0 aromatic heterocycles. The van der Waals surface area contributed by atoms with E-state index < -0.39 is 12.0 Å². The molecule has 1 saturated heterocycles. The van der Waals surface area contributed by atoms with Crippen LogP contribution in [0.2, 0.25) is 0 Å². The molecular weight excluding hydrogens is 300 g/mol. The Morgan fingerprint density at radius 2 is 2.17 bits per heavy atom. The normalized spacial score (nSPS) is 18.9. The predicted octanol–water partition coefficient (Wildman–Crippen LogP) is 1.72. The fourth-order valence-corrected chi connectivity index (χ4v) is 2.47. The number of hydrogen-bond donors (Lipinski definition) is 2. The fraction of sp³-hybridized carbons (Fsp3) is 0.333. The van der Waals surface area contributed by atoms with Crippen molar-refractivity contribution < 1.29 is 14.7 Å². The van der Waals surface area contributed by atoms with Crippen LogP contribution in [0.15, 0.2) is 22.7 Å². The first-order valence-corrected chi connectivity index (χ1v) is 6.39. The lowest BCUT2D eigenvalue weighted by atomic mass is 10.1. The van der Waals surface area contributed by atoms with Crippen LogP contribution in [0.3, 0.4) is 0 Å². The Morgan fingerprint density at radius 3 is 2.78 bits per heavy atom. The first-order valence-electron chi connectivity index (χ1n) is 5.59. The van der Waals surface area contributed by atoms with Crippen molar-refractivity contribution in [3.05, 3.63) is 28.2 Å². The minimum atomic E-state index is -0.949. The van der Waals surface area contributed by atoms with Crippen LogP contribution < -0.4 is 5.73 Å². The van der Waals surface area contributed by atoms with Crippen molar-refractivity contribution in [2.24, 2.45) is 0 Å². The number of carboxylic acids is 1. The molecule has 0 aliphatic carbocycles. The van der Waals surface area contributed by atoms with Gasteiger partial charge in [0.2, 0.25) is 0 Å². The van der Waals surface area contributed by atoms with Crippen molar-refractivity contribution in [2.45, 2.75) is 18.9 Å². The molecule has 96 valence electrons. The summed E-state index contributed by atoms with van der Waals surface area (Å²) in [6.45, 7) is 0.484. The largest absolute Gasteiger partial charge is 0.480 e. The number of anilines is 1. The monoisotopic (exact) mass is 312 g/mol. The van der Waals surface area contributed by atoms with Gasteiger partial charge in [0.1, 0.15) is 6.04 Å². The summed E-state index contributed by atoms with van der Waals surface area (Å²) in [5.74, 6) is -1.21. The maximum atomic E-state index is 12.2. The minimum absolute atomic E-state index is 0.263. The van der Waals surface area contributed by atoms with E-state index >= 15 is 0 Å². The Hall–Kier alpha value is -1.56. The molecule has 1 aliphatic rings. The number of nitrogen functional groups attached to an aromatic ring is 1. The maximum Gasteiger partial charge on any atom is 0.326 e. The van der Waals surface area contributed by atoms with Gasteiger partial charge in [-0.1, -0.05) is 0 Å². The second kappa shape index (κ2) is 4.97. The van der Waals surface area contributed by atoms with E-state index in [9.17, 15) is 9.59 Å². The third-order valence-electron chi connectivity index (χ3n) is 3.05. The molecule has 0 bridgehead atoms. The number of amides is 1. The highest BCUT2D eigenvalue weighted by atomic mass is 79.9. The van der Waals surface area contributed by atoms with Crippen LogP contribution >= 0.6 is 15.9 Å². The van der Waals surface area contributed by atoms with E-state index in [1.54, 1.807) is 18.2 Å². The topological polar surface area (TPSA) is 83.6 Å². The number of nitrogens with two attached hydrogens (primary N) is 1. The van der Waals surface area contributed by atoms with Gasteiger partial charge in [-0.3, -0.25) is 4.79 Å². The first kappa shape index (κ1) is 12.9. The maximum absolute atomic E-state index is 12.2. The third-order valence-corrected chi connectivity index (χ3v) is 3.73. The molecular formula is C12H13BrN2O3. The molecule has 0 spiro atoms. The Kier molecular flexibility index (Phi) is 3.56. The number of aliphatic carboxylic acids is 1. The molecule has 0 saturated carbocycles. The van der Waals surface area contributed by atoms with Crippen LogP contribution in [-0.2, 0) is 4.79 Å². The van der Waals surface area contributed by atoms with Crippen molar-refractivity contribution >= 4 is 33.5 Å². The Balaban J connectivity index is 2.25. The number of hydrogen-bond acceptors (Lipinski definition) is 3. The molecule has 1 aromatic rings. The first-order chi connectivity index (χ1) is 8.50. The summed E-state index contributed by atoms with van der Waals surface area (Å²) >= 11 is 3.25. The second-order valence-corrected chi connectivity index (χ2v) is 5.09. The van der Waals surface area contributed by atoms with Crippen LogP contribution in [0.25, 0.3) is 0 Å². The van der Waals surface area contributed by atoms with Gasteiger partial charge in [0.05, 0.1) is 0 Å². The summed E-state index contributed by atoms with van der Waals surface area (Å²) in [4.78, 5) is 24.7. The number of nitrogens with zero attached hydrogens (tertiary/aromatic N) is 1. The predicted molar refractivity (Wildman–Crippen MR) is 70.2 cm³/mol. The summed E-state index contributed by atoms with van der Waals surface area (Å²) in [7, 11) is 0. The molecule has 6 heteroatoms. The van der Waals surface area contributed by atoms with Gasteiger partial charge >= 0.3 is 5.97 Å². The molecule has 0 unspecified atom stereocenters. The summed E-state index contributed by atoms with van der Waals surface area (Å²) < 4.78 is 0.638. The molecule has 1 aromatic carbocycles. The molecule has 1 atom stereocenters. The second-order valence-electron chi connectivity index (χ2n) is 4.23. The quantitative estimate of drug-likeness (QED) is 0.814. The number of carbonyl (C=O) groups is 2.